The van der Waals surface area contributed by atoms with Gasteiger partial charge in [-0.15, -0.1) is 5.10 Å². The molecule has 2 N–H and O–H groups in total. The fourth-order valence-corrected chi connectivity index (χ4v) is 2.80. The summed E-state index contributed by atoms with van der Waals surface area (Å²) in [5, 5.41) is 11.9. The van der Waals surface area contributed by atoms with Crippen LogP contribution in [0.5, 0.6) is 5.75 Å². The lowest BCUT2D eigenvalue weighted by Crippen LogP contribution is -2.42. The van der Waals surface area contributed by atoms with Gasteiger partial charge in [-0.05, 0) is 46.8 Å². The molecule has 1 heterocycles. The van der Waals surface area contributed by atoms with Crippen LogP contribution < -0.4 is 15.6 Å². The molecule has 0 aliphatic rings. The third-order valence-corrected chi connectivity index (χ3v) is 4.36. The van der Waals surface area contributed by atoms with Crippen molar-refractivity contribution in [2.45, 2.75) is 5.16 Å². The lowest BCUT2D eigenvalue weighted by Gasteiger charge is -2.07. The van der Waals surface area contributed by atoms with Crippen LogP contribution in [0.3, 0.4) is 0 Å². The van der Waals surface area contributed by atoms with Crippen LogP contribution in [0.1, 0.15) is 10.4 Å². The Morgan fingerprint density at radius 1 is 1.07 bits per heavy atom. The molecule has 3 rings (SSSR count). The molecule has 0 unspecified atom stereocenters. The fraction of sp³-hybridized carbons (Fsp3) is 0.118. The van der Waals surface area contributed by atoms with Crippen LogP contribution in [-0.2, 0) is 4.79 Å². The number of carbonyl (C=O) groups excluding carboxylic acids is 2. The summed E-state index contributed by atoms with van der Waals surface area (Å²) in [6.45, 7) is 0. The normalized spacial score (nSPS) is 10.3. The lowest BCUT2D eigenvalue weighted by atomic mass is 10.2. The van der Waals surface area contributed by atoms with Crippen molar-refractivity contribution in [3.05, 3.63) is 60.2 Å². The molecule has 0 saturated heterocycles. The number of thioether (sulfide) groups is 1. The number of nitrogens with one attached hydrogen (secondary N) is 2. The molecule has 138 valence electrons. The van der Waals surface area contributed by atoms with E-state index in [0.717, 1.165) is 23.2 Å². The largest absolute Gasteiger partial charge is 0.497 e. The van der Waals surface area contributed by atoms with E-state index in [1.54, 1.807) is 61.7 Å². The van der Waals surface area contributed by atoms with Crippen LogP contribution in [0, 0.1) is 0 Å². The molecule has 3 aromatic rings. The van der Waals surface area contributed by atoms with Crippen molar-refractivity contribution in [1.82, 2.24) is 31.1 Å². The molecule has 0 aliphatic carbocycles. The Hall–Kier alpha value is -3.40. The average molecular weight is 384 g/mol. The van der Waals surface area contributed by atoms with Crippen LogP contribution in [0.2, 0.25) is 0 Å². The molecule has 0 radical (unpaired) electrons. The zero-order chi connectivity index (χ0) is 19.1. The predicted octanol–water partition coefficient (Wildman–Crippen LogP) is 1.22. The third kappa shape index (κ3) is 4.82. The number of benzene rings is 2. The van der Waals surface area contributed by atoms with Crippen molar-refractivity contribution in [2.75, 3.05) is 12.9 Å². The summed E-state index contributed by atoms with van der Waals surface area (Å²) in [4.78, 5) is 23.9. The topological polar surface area (TPSA) is 111 Å². The highest BCUT2D eigenvalue weighted by molar-refractivity contribution is 7.99. The third-order valence-electron chi connectivity index (χ3n) is 3.44. The molecule has 0 fully saturated rings. The maximum atomic E-state index is 12.0. The van der Waals surface area contributed by atoms with Crippen molar-refractivity contribution < 1.29 is 14.3 Å². The number of carbonyl (C=O) groups is 2. The highest BCUT2D eigenvalue weighted by Crippen LogP contribution is 2.20. The Balaban J connectivity index is 1.53. The first-order chi connectivity index (χ1) is 13.2. The molecule has 2 aromatic carbocycles. The molecule has 0 aliphatic heterocycles. The number of nitrogens with zero attached hydrogens (tertiary/aromatic N) is 4. The molecule has 27 heavy (non-hydrogen) atoms. The maximum absolute atomic E-state index is 12.0. The number of amides is 2. The molecule has 9 nitrogen and oxygen atoms in total. The molecule has 2 amide bonds. The van der Waals surface area contributed by atoms with Gasteiger partial charge in [0.15, 0.2) is 0 Å². The summed E-state index contributed by atoms with van der Waals surface area (Å²) in [5.74, 6) is -0.0221. The Morgan fingerprint density at radius 3 is 2.52 bits per heavy atom. The first-order valence-corrected chi connectivity index (χ1v) is 8.86. The Labute approximate surface area is 159 Å². The number of tetrazole rings is 1. The quantitative estimate of drug-likeness (QED) is 0.486. The van der Waals surface area contributed by atoms with Crippen LogP contribution in [0.4, 0.5) is 0 Å². The molecule has 10 heteroatoms. The van der Waals surface area contributed by atoms with E-state index in [-0.39, 0.29) is 11.7 Å². The van der Waals surface area contributed by atoms with E-state index in [4.69, 9.17) is 4.74 Å². The van der Waals surface area contributed by atoms with Gasteiger partial charge < -0.3 is 4.74 Å². The Kier molecular flexibility index (Phi) is 6.00. The first kappa shape index (κ1) is 18.4. The lowest BCUT2D eigenvalue weighted by molar-refractivity contribution is -0.119. The van der Waals surface area contributed by atoms with E-state index in [9.17, 15) is 9.59 Å². The molecule has 0 spiro atoms. The molecule has 0 bridgehead atoms. The van der Waals surface area contributed by atoms with Crippen molar-refractivity contribution in [1.29, 1.82) is 0 Å². The van der Waals surface area contributed by atoms with Gasteiger partial charge in [0.1, 0.15) is 5.75 Å². The van der Waals surface area contributed by atoms with E-state index in [0.29, 0.717) is 10.7 Å². The second-order valence-corrected chi connectivity index (χ2v) is 6.17. The van der Waals surface area contributed by atoms with E-state index in [1.807, 2.05) is 0 Å². The Bertz CT molecular complexity index is 914. The van der Waals surface area contributed by atoms with Gasteiger partial charge in [-0.3, -0.25) is 20.4 Å². The number of aromatic nitrogens is 4. The minimum Gasteiger partial charge on any atom is -0.497 e. The van der Waals surface area contributed by atoms with Gasteiger partial charge in [0.05, 0.1) is 18.6 Å². The number of rotatable bonds is 6. The monoisotopic (exact) mass is 384 g/mol. The number of ether oxygens (including phenoxy) is 1. The highest BCUT2D eigenvalue weighted by Gasteiger charge is 2.12. The minimum atomic E-state index is -0.392. The molecule has 1 aromatic heterocycles. The van der Waals surface area contributed by atoms with E-state index in [2.05, 4.69) is 26.4 Å². The van der Waals surface area contributed by atoms with Crippen molar-refractivity contribution in [2.24, 2.45) is 0 Å². The van der Waals surface area contributed by atoms with Crippen molar-refractivity contribution in [3.8, 4) is 11.4 Å². The Morgan fingerprint density at radius 2 is 1.81 bits per heavy atom. The summed E-state index contributed by atoms with van der Waals surface area (Å²) in [6, 6.07) is 15.8. The maximum Gasteiger partial charge on any atom is 0.269 e. The first-order valence-electron chi connectivity index (χ1n) is 7.87. The van der Waals surface area contributed by atoms with Crippen LogP contribution >= 0.6 is 11.8 Å². The highest BCUT2D eigenvalue weighted by atomic mass is 32.2. The predicted molar refractivity (Wildman–Crippen MR) is 98.5 cm³/mol. The van der Waals surface area contributed by atoms with Gasteiger partial charge in [-0.1, -0.05) is 30.0 Å². The fourth-order valence-electron chi connectivity index (χ4n) is 2.11. The average Bonchev–Trinajstić information content (AvgIpc) is 3.19. The molecule has 0 saturated carbocycles. The van der Waals surface area contributed by atoms with Crippen molar-refractivity contribution >= 4 is 23.6 Å². The second kappa shape index (κ2) is 8.81. The van der Waals surface area contributed by atoms with Crippen LogP contribution in [-0.4, -0.2) is 44.9 Å². The molecular formula is C17H16N6O3S. The summed E-state index contributed by atoms with van der Waals surface area (Å²) in [5.41, 5.74) is 5.92. The molecule has 0 atom stereocenters. The van der Waals surface area contributed by atoms with Gasteiger partial charge in [0.25, 0.3) is 5.91 Å². The van der Waals surface area contributed by atoms with E-state index < -0.39 is 5.91 Å². The molecular weight excluding hydrogens is 368 g/mol. The minimum absolute atomic E-state index is 0.0333. The summed E-state index contributed by atoms with van der Waals surface area (Å²) < 4.78 is 6.63. The number of hydrogen-bond acceptors (Lipinski definition) is 7. The number of methoxy groups -OCH3 is 1. The summed E-state index contributed by atoms with van der Waals surface area (Å²) >= 11 is 1.15. The number of hydrazine groups is 1. The zero-order valence-corrected chi connectivity index (χ0v) is 15.1. The van der Waals surface area contributed by atoms with Crippen LogP contribution in [0.25, 0.3) is 5.69 Å². The van der Waals surface area contributed by atoms with E-state index >= 15 is 0 Å². The van der Waals surface area contributed by atoms with Crippen LogP contribution in [0.15, 0.2) is 59.8 Å². The SMILES string of the molecule is COc1ccc(-n2nnnc2SCC(=O)NNC(=O)c2ccccc2)cc1. The van der Waals surface area contributed by atoms with Gasteiger partial charge in [-0.25, -0.2) is 0 Å². The van der Waals surface area contributed by atoms with Gasteiger partial charge in [0, 0.05) is 5.56 Å². The number of hydrogen-bond donors (Lipinski definition) is 2. The second-order valence-electron chi connectivity index (χ2n) is 5.23. The van der Waals surface area contributed by atoms with E-state index in [1.165, 1.54) is 4.68 Å². The van der Waals surface area contributed by atoms with Gasteiger partial charge in [0.2, 0.25) is 11.1 Å². The van der Waals surface area contributed by atoms with Gasteiger partial charge >= 0.3 is 0 Å². The summed E-state index contributed by atoms with van der Waals surface area (Å²) in [6.07, 6.45) is 0. The standard InChI is InChI=1S/C17H16N6O3S/c1-26-14-9-7-13(8-10-14)23-17(20-21-22-23)27-11-15(24)18-19-16(25)12-5-3-2-4-6-12/h2-10H,11H2,1H3,(H,18,24)(H,19,25). The van der Waals surface area contributed by atoms with Crippen molar-refractivity contribution in [3.63, 3.8) is 0 Å². The summed E-state index contributed by atoms with van der Waals surface area (Å²) in [7, 11) is 1.59. The zero-order valence-electron chi connectivity index (χ0n) is 14.3. The van der Waals surface area contributed by atoms with Gasteiger partial charge in [-0.2, -0.15) is 4.68 Å². The smallest absolute Gasteiger partial charge is 0.269 e.